The van der Waals surface area contributed by atoms with Crippen LogP contribution in [-0.4, -0.2) is 33.5 Å². The second kappa shape index (κ2) is 8.60. The Bertz CT molecular complexity index is 754. The van der Waals surface area contributed by atoms with Crippen molar-refractivity contribution in [2.24, 2.45) is 0 Å². The zero-order valence-electron chi connectivity index (χ0n) is 13.2. The third-order valence-electron chi connectivity index (χ3n) is 2.42. The molecule has 1 atom stereocenters. The van der Waals surface area contributed by atoms with Crippen LogP contribution < -0.4 is 0 Å². The SMILES string of the molecule is COP(=O)(COS(=O)(=O)c1c(Cl)cccc1SC(F)(F)F)OC(C)C. The molecule has 13 heteroatoms. The molecule has 0 radical (unpaired) electrons. The van der Waals surface area contributed by atoms with Gasteiger partial charge in [0.15, 0.2) is 6.35 Å². The molecular weight excluding hydrogens is 428 g/mol. The van der Waals surface area contributed by atoms with Gasteiger partial charge in [-0.3, -0.25) is 8.75 Å². The highest BCUT2D eigenvalue weighted by Gasteiger charge is 2.36. The van der Waals surface area contributed by atoms with E-state index in [0.29, 0.717) is 0 Å². The molecule has 0 heterocycles. The topological polar surface area (TPSA) is 78.9 Å². The molecule has 0 fully saturated rings. The Kier molecular flexibility index (Phi) is 7.83. The van der Waals surface area contributed by atoms with Crippen LogP contribution in [0, 0.1) is 0 Å². The average molecular weight is 443 g/mol. The molecule has 0 bridgehead atoms. The van der Waals surface area contributed by atoms with E-state index in [0.717, 1.165) is 25.3 Å². The lowest BCUT2D eigenvalue weighted by atomic mass is 10.4. The summed E-state index contributed by atoms with van der Waals surface area (Å²) in [5.74, 6) is 0. The molecule has 0 aliphatic rings. The van der Waals surface area contributed by atoms with Crippen molar-refractivity contribution in [2.45, 2.75) is 35.3 Å². The number of rotatable bonds is 8. The molecule has 144 valence electrons. The lowest BCUT2D eigenvalue weighted by Crippen LogP contribution is -2.13. The van der Waals surface area contributed by atoms with Crippen LogP contribution in [0.3, 0.4) is 0 Å². The standard InChI is InChI=1S/C12H15ClF3O6PS2/c1-8(2)22-23(17,20-3)7-21-25(18,19)11-9(13)5-4-6-10(11)24-12(14,15)16/h4-6,8H,7H2,1-3H3. The monoisotopic (exact) mass is 442 g/mol. The molecule has 0 aromatic heterocycles. The second-order valence-corrected chi connectivity index (χ2v) is 9.89. The van der Waals surface area contributed by atoms with E-state index in [1.54, 1.807) is 0 Å². The molecule has 0 spiro atoms. The minimum absolute atomic E-state index is 0.466. The zero-order chi connectivity index (χ0) is 19.5. The highest BCUT2D eigenvalue weighted by atomic mass is 35.5. The van der Waals surface area contributed by atoms with E-state index in [2.05, 4.69) is 8.71 Å². The first-order chi connectivity index (χ1) is 11.3. The van der Waals surface area contributed by atoms with Crippen molar-refractivity contribution in [3.63, 3.8) is 0 Å². The van der Waals surface area contributed by atoms with Gasteiger partial charge in [-0.1, -0.05) is 17.7 Å². The van der Waals surface area contributed by atoms with Crippen LogP contribution in [-0.2, 0) is 27.9 Å². The molecule has 0 saturated carbocycles. The molecule has 0 aliphatic heterocycles. The van der Waals surface area contributed by atoms with Crippen LogP contribution in [0.15, 0.2) is 28.0 Å². The van der Waals surface area contributed by atoms with Gasteiger partial charge in [0.1, 0.15) is 4.90 Å². The molecule has 1 aromatic carbocycles. The van der Waals surface area contributed by atoms with E-state index in [1.165, 1.54) is 13.8 Å². The Hall–Kier alpha value is -0.290. The first-order valence-electron chi connectivity index (χ1n) is 6.56. The van der Waals surface area contributed by atoms with Crippen molar-refractivity contribution in [3.8, 4) is 0 Å². The van der Waals surface area contributed by atoms with Crippen molar-refractivity contribution in [3.05, 3.63) is 23.2 Å². The second-order valence-electron chi connectivity index (χ2n) is 4.76. The number of benzene rings is 1. The maximum Gasteiger partial charge on any atom is 0.446 e. The molecule has 1 unspecified atom stereocenters. The Labute approximate surface area is 152 Å². The van der Waals surface area contributed by atoms with Crippen molar-refractivity contribution in [2.75, 3.05) is 13.5 Å². The van der Waals surface area contributed by atoms with Gasteiger partial charge in [-0.2, -0.15) is 21.6 Å². The van der Waals surface area contributed by atoms with Crippen molar-refractivity contribution < 1.29 is 39.4 Å². The first kappa shape index (κ1) is 22.8. The van der Waals surface area contributed by atoms with Gasteiger partial charge in [0.05, 0.1) is 11.1 Å². The van der Waals surface area contributed by atoms with Crippen molar-refractivity contribution in [1.82, 2.24) is 0 Å². The lowest BCUT2D eigenvalue weighted by molar-refractivity contribution is -0.0329. The summed E-state index contributed by atoms with van der Waals surface area (Å²) in [7, 11) is -7.65. The van der Waals surface area contributed by atoms with E-state index >= 15 is 0 Å². The van der Waals surface area contributed by atoms with E-state index in [1.807, 2.05) is 0 Å². The Morgan fingerprint density at radius 3 is 2.40 bits per heavy atom. The summed E-state index contributed by atoms with van der Waals surface area (Å²) in [6, 6.07) is 3.19. The lowest BCUT2D eigenvalue weighted by Gasteiger charge is -2.19. The van der Waals surface area contributed by atoms with Gasteiger partial charge in [-0.15, -0.1) is 0 Å². The number of hydrogen-bond acceptors (Lipinski definition) is 7. The quantitative estimate of drug-likeness (QED) is 0.322. The predicted molar refractivity (Wildman–Crippen MR) is 87.3 cm³/mol. The molecule has 0 N–H and O–H groups in total. The molecule has 0 amide bonds. The highest BCUT2D eigenvalue weighted by molar-refractivity contribution is 8.00. The fourth-order valence-electron chi connectivity index (χ4n) is 1.58. The van der Waals surface area contributed by atoms with Crippen LogP contribution >= 0.6 is 31.0 Å². The van der Waals surface area contributed by atoms with Crippen LogP contribution in [0.2, 0.25) is 5.02 Å². The molecule has 25 heavy (non-hydrogen) atoms. The van der Waals surface area contributed by atoms with Crippen molar-refractivity contribution >= 4 is 41.1 Å². The minimum atomic E-state index is -4.76. The summed E-state index contributed by atoms with van der Waals surface area (Å²) in [4.78, 5) is -1.54. The summed E-state index contributed by atoms with van der Waals surface area (Å²) in [5.41, 5.74) is -4.74. The molecule has 1 aromatic rings. The van der Waals surface area contributed by atoms with Gasteiger partial charge in [-0.05, 0) is 37.7 Å². The average Bonchev–Trinajstić information content (AvgIpc) is 2.42. The summed E-state index contributed by atoms with van der Waals surface area (Å²) in [5, 5.41) is -0.466. The third-order valence-corrected chi connectivity index (χ3v) is 7.06. The third kappa shape index (κ3) is 7.09. The smallest absolute Gasteiger partial charge is 0.310 e. The Morgan fingerprint density at radius 2 is 1.92 bits per heavy atom. The van der Waals surface area contributed by atoms with Gasteiger partial charge in [0.25, 0.3) is 10.1 Å². The predicted octanol–water partition coefficient (Wildman–Crippen LogP) is 4.88. The van der Waals surface area contributed by atoms with Crippen LogP contribution in [0.4, 0.5) is 13.2 Å². The zero-order valence-corrected chi connectivity index (χ0v) is 16.5. The summed E-state index contributed by atoms with van der Waals surface area (Å²) >= 11 is 5.08. The number of thioether (sulfide) groups is 1. The number of halogens is 4. The largest absolute Gasteiger partial charge is 0.446 e. The van der Waals surface area contributed by atoms with Gasteiger partial charge < -0.3 is 9.05 Å². The van der Waals surface area contributed by atoms with E-state index in [4.69, 9.17) is 16.1 Å². The summed E-state index contributed by atoms with van der Waals surface area (Å²) in [6.45, 7) is 3.07. The minimum Gasteiger partial charge on any atom is -0.310 e. The molecule has 6 nitrogen and oxygen atoms in total. The fraction of sp³-hybridized carbons (Fsp3) is 0.500. The maximum atomic E-state index is 12.6. The van der Waals surface area contributed by atoms with Crippen LogP contribution in [0.5, 0.6) is 0 Å². The fourth-order valence-corrected chi connectivity index (χ4v) is 5.83. The summed E-state index contributed by atoms with van der Waals surface area (Å²) in [6.07, 6.45) is -1.57. The molecule has 0 saturated heterocycles. The van der Waals surface area contributed by atoms with Crippen LogP contribution in [0.1, 0.15) is 13.8 Å². The molecule has 0 aliphatic carbocycles. The van der Waals surface area contributed by atoms with E-state index in [9.17, 15) is 26.2 Å². The van der Waals surface area contributed by atoms with Gasteiger partial charge in [0.2, 0.25) is 0 Å². The molecule has 1 rings (SSSR count). The van der Waals surface area contributed by atoms with Gasteiger partial charge in [-0.25, -0.2) is 0 Å². The van der Waals surface area contributed by atoms with E-state index < -0.39 is 62.2 Å². The van der Waals surface area contributed by atoms with Crippen LogP contribution in [0.25, 0.3) is 0 Å². The van der Waals surface area contributed by atoms with Gasteiger partial charge >= 0.3 is 13.1 Å². The first-order valence-corrected chi connectivity index (χ1v) is 10.9. The summed E-state index contributed by atoms with van der Waals surface area (Å²) < 4.78 is 88.9. The van der Waals surface area contributed by atoms with E-state index in [-0.39, 0.29) is 0 Å². The maximum absolute atomic E-state index is 12.6. The Morgan fingerprint density at radius 1 is 1.32 bits per heavy atom. The number of alkyl halides is 3. The van der Waals surface area contributed by atoms with Gasteiger partial charge in [0, 0.05) is 12.0 Å². The number of hydrogen-bond donors (Lipinski definition) is 0. The Balaban J connectivity index is 3.16. The highest BCUT2D eigenvalue weighted by Crippen LogP contribution is 2.49. The van der Waals surface area contributed by atoms with Crippen molar-refractivity contribution in [1.29, 1.82) is 0 Å². The normalized spacial score (nSPS) is 15.4. The molecular formula is C12H15ClF3O6PS2.